The van der Waals surface area contributed by atoms with Crippen LogP contribution in [0.4, 0.5) is 10.5 Å². The molecule has 2 rings (SSSR count). The minimum absolute atomic E-state index is 0.315. The first kappa shape index (κ1) is 17.9. The van der Waals surface area contributed by atoms with Gasteiger partial charge in [0.15, 0.2) is 0 Å². The number of benzene rings is 2. The van der Waals surface area contributed by atoms with Crippen molar-refractivity contribution in [2.45, 2.75) is 13.3 Å². The molecule has 2 N–H and O–H groups in total. The molecule has 0 saturated carbocycles. The van der Waals surface area contributed by atoms with Crippen molar-refractivity contribution in [3.63, 3.8) is 0 Å². The molecule has 2 amide bonds. The Hall–Kier alpha value is -2.40. The molecule has 2 aromatic carbocycles. The zero-order valence-corrected chi connectivity index (χ0v) is 14.7. The lowest BCUT2D eigenvalue weighted by atomic mass is 10.1. The van der Waals surface area contributed by atoms with Crippen LogP contribution in [0.5, 0.6) is 11.5 Å². The zero-order valence-electron chi connectivity index (χ0n) is 14.0. The number of hydrogen-bond acceptors (Lipinski definition) is 3. The molecule has 0 aliphatic heterocycles. The Bertz CT molecular complexity index is 702. The van der Waals surface area contributed by atoms with Crippen molar-refractivity contribution in [2.75, 3.05) is 26.1 Å². The van der Waals surface area contributed by atoms with Gasteiger partial charge >= 0.3 is 6.03 Å². The van der Waals surface area contributed by atoms with Crippen molar-refractivity contribution >= 4 is 23.3 Å². The van der Waals surface area contributed by atoms with E-state index in [9.17, 15) is 4.79 Å². The second-order valence-electron chi connectivity index (χ2n) is 5.30. The Labute approximate surface area is 146 Å². The highest BCUT2D eigenvalue weighted by Gasteiger charge is 2.12. The maximum absolute atomic E-state index is 12.1. The van der Waals surface area contributed by atoms with Crippen LogP contribution in [0.2, 0.25) is 5.02 Å². The van der Waals surface area contributed by atoms with Gasteiger partial charge in [0.2, 0.25) is 0 Å². The van der Waals surface area contributed by atoms with E-state index in [0.29, 0.717) is 28.8 Å². The molecular formula is C18H21ClN2O3. The molecule has 6 heteroatoms. The van der Waals surface area contributed by atoms with Crippen molar-refractivity contribution in [2.24, 2.45) is 0 Å². The van der Waals surface area contributed by atoms with Crippen LogP contribution in [0.15, 0.2) is 36.4 Å². The van der Waals surface area contributed by atoms with Gasteiger partial charge in [0, 0.05) is 18.7 Å². The van der Waals surface area contributed by atoms with Gasteiger partial charge in [-0.25, -0.2) is 4.79 Å². The van der Waals surface area contributed by atoms with Crippen LogP contribution in [-0.4, -0.2) is 26.8 Å². The number of hydrogen-bond donors (Lipinski definition) is 2. The van der Waals surface area contributed by atoms with E-state index in [4.69, 9.17) is 21.1 Å². The van der Waals surface area contributed by atoms with Gasteiger partial charge in [-0.3, -0.25) is 0 Å². The van der Waals surface area contributed by atoms with Gasteiger partial charge in [-0.1, -0.05) is 41.4 Å². The van der Waals surface area contributed by atoms with Crippen LogP contribution in [0.3, 0.4) is 0 Å². The minimum atomic E-state index is -0.315. The lowest BCUT2D eigenvalue weighted by Gasteiger charge is -2.13. The van der Waals surface area contributed by atoms with Crippen LogP contribution in [0, 0.1) is 6.92 Å². The third-order valence-electron chi connectivity index (χ3n) is 3.54. The van der Waals surface area contributed by atoms with Crippen LogP contribution in [-0.2, 0) is 6.42 Å². The largest absolute Gasteiger partial charge is 0.495 e. The zero-order chi connectivity index (χ0) is 17.5. The summed E-state index contributed by atoms with van der Waals surface area (Å²) >= 11 is 6.05. The average Bonchev–Trinajstić information content (AvgIpc) is 2.57. The number of carbonyl (C=O) groups excluding carboxylic acids is 1. The number of ether oxygens (including phenoxy) is 2. The normalized spacial score (nSPS) is 10.2. The molecule has 0 aromatic heterocycles. The van der Waals surface area contributed by atoms with Gasteiger partial charge < -0.3 is 20.1 Å². The maximum Gasteiger partial charge on any atom is 0.319 e. The summed E-state index contributed by atoms with van der Waals surface area (Å²) in [6.45, 7) is 2.57. The Morgan fingerprint density at radius 1 is 1.08 bits per heavy atom. The van der Waals surface area contributed by atoms with E-state index in [2.05, 4.69) is 34.9 Å². The number of rotatable bonds is 6. The molecular weight excluding hydrogens is 328 g/mol. The van der Waals surface area contributed by atoms with E-state index in [0.717, 1.165) is 6.42 Å². The highest BCUT2D eigenvalue weighted by Crippen LogP contribution is 2.35. The first-order valence-electron chi connectivity index (χ1n) is 7.55. The predicted octanol–water partition coefficient (Wildman–Crippen LogP) is 4.03. The molecule has 128 valence electrons. The molecule has 0 radical (unpaired) electrons. The van der Waals surface area contributed by atoms with Crippen LogP contribution in [0.1, 0.15) is 11.1 Å². The molecule has 0 aliphatic rings. The molecule has 5 nitrogen and oxygen atoms in total. The number of aryl methyl sites for hydroxylation is 1. The third kappa shape index (κ3) is 4.80. The van der Waals surface area contributed by atoms with Crippen molar-refractivity contribution in [1.82, 2.24) is 5.32 Å². The second-order valence-corrected chi connectivity index (χ2v) is 5.71. The van der Waals surface area contributed by atoms with Gasteiger partial charge in [-0.15, -0.1) is 0 Å². The summed E-state index contributed by atoms with van der Waals surface area (Å²) in [6.07, 6.45) is 0.759. The van der Waals surface area contributed by atoms with Crippen molar-refractivity contribution < 1.29 is 14.3 Å². The van der Waals surface area contributed by atoms with Crippen LogP contribution >= 0.6 is 11.6 Å². The number of nitrogens with one attached hydrogen (secondary N) is 2. The highest BCUT2D eigenvalue weighted by molar-refractivity contribution is 6.32. The van der Waals surface area contributed by atoms with Gasteiger partial charge in [0.1, 0.15) is 11.5 Å². The number of methoxy groups -OCH3 is 2. The van der Waals surface area contributed by atoms with Crippen molar-refractivity contribution in [3.8, 4) is 11.5 Å². The van der Waals surface area contributed by atoms with Crippen LogP contribution in [0.25, 0.3) is 0 Å². The second kappa shape index (κ2) is 8.45. The number of urea groups is 1. The smallest absolute Gasteiger partial charge is 0.319 e. The number of anilines is 1. The summed E-state index contributed by atoms with van der Waals surface area (Å²) < 4.78 is 10.4. The molecule has 0 fully saturated rings. The number of halogens is 1. The summed E-state index contributed by atoms with van der Waals surface area (Å²) in [5.74, 6) is 0.932. The predicted molar refractivity (Wildman–Crippen MR) is 96.5 cm³/mol. The molecule has 0 bridgehead atoms. The Morgan fingerprint density at radius 3 is 2.38 bits per heavy atom. The van der Waals surface area contributed by atoms with E-state index in [1.54, 1.807) is 12.1 Å². The lowest BCUT2D eigenvalue weighted by molar-refractivity contribution is 0.252. The fourth-order valence-corrected chi connectivity index (χ4v) is 2.43. The fourth-order valence-electron chi connectivity index (χ4n) is 2.20. The van der Waals surface area contributed by atoms with Gasteiger partial charge in [0.05, 0.1) is 24.9 Å². The molecule has 0 aliphatic carbocycles. The van der Waals surface area contributed by atoms with Gasteiger partial charge in [0.25, 0.3) is 0 Å². The molecule has 0 atom stereocenters. The van der Waals surface area contributed by atoms with Gasteiger partial charge in [-0.05, 0) is 18.9 Å². The van der Waals surface area contributed by atoms with E-state index < -0.39 is 0 Å². The summed E-state index contributed by atoms with van der Waals surface area (Å²) in [5, 5.41) is 5.98. The average molecular weight is 349 g/mol. The van der Waals surface area contributed by atoms with E-state index >= 15 is 0 Å². The maximum atomic E-state index is 12.1. The van der Waals surface area contributed by atoms with E-state index in [-0.39, 0.29) is 6.03 Å². The summed E-state index contributed by atoms with van der Waals surface area (Å²) in [5.41, 5.74) is 2.88. The summed E-state index contributed by atoms with van der Waals surface area (Å²) in [7, 11) is 3.03. The minimum Gasteiger partial charge on any atom is -0.495 e. The molecule has 0 spiro atoms. The molecule has 24 heavy (non-hydrogen) atoms. The quantitative estimate of drug-likeness (QED) is 0.828. The third-order valence-corrected chi connectivity index (χ3v) is 3.84. The topological polar surface area (TPSA) is 59.6 Å². The first-order chi connectivity index (χ1) is 11.5. The number of carbonyl (C=O) groups is 1. The first-order valence-corrected chi connectivity index (χ1v) is 7.93. The summed E-state index contributed by atoms with van der Waals surface area (Å²) in [4.78, 5) is 12.1. The Morgan fingerprint density at radius 2 is 1.75 bits per heavy atom. The SMILES string of the molecule is COc1cc(NC(=O)NCCc2ccc(C)cc2)c(OC)cc1Cl. The Balaban J connectivity index is 1.93. The molecule has 0 heterocycles. The molecule has 2 aromatic rings. The van der Waals surface area contributed by atoms with Crippen molar-refractivity contribution in [1.29, 1.82) is 0 Å². The highest BCUT2D eigenvalue weighted by atomic mass is 35.5. The molecule has 0 unspecified atom stereocenters. The van der Waals surface area contributed by atoms with Crippen LogP contribution < -0.4 is 20.1 Å². The van der Waals surface area contributed by atoms with E-state index in [1.165, 1.54) is 25.3 Å². The lowest BCUT2D eigenvalue weighted by Crippen LogP contribution is -2.30. The Kier molecular flexibility index (Phi) is 6.32. The standard InChI is InChI=1S/C18H21ClN2O3/c1-12-4-6-13(7-5-12)8-9-20-18(22)21-15-11-16(23-2)14(19)10-17(15)24-3/h4-7,10-11H,8-9H2,1-3H3,(H2,20,21,22). The van der Waals surface area contributed by atoms with Gasteiger partial charge in [-0.2, -0.15) is 0 Å². The van der Waals surface area contributed by atoms with Crippen molar-refractivity contribution in [3.05, 3.63) is 52.5 Å². The van der Waals surface area contributed by atoms with E-state index in [1.807, 2.05) is 6.92 Å². The monoisotopic (exact) mass is 348 g/mol. The fraction of sp³-hybridized carbons (Fsp3) is 0.278. The molecule has 0 saturated heterocycles. The number of amides is 2. The summed E-state index contributed by atoms with van der Waals surface area (Å²) in [6, 6.07) is 11.1.